The molecule has 0 saturated carbocycles. The SMILES string of the molecule is Nc1ccc(Cl)cc1CS(=O)(=O)Cc1ccc(Cl)cc1. The summed E-state index contributed by atoms with van der Waals surface area (Å²) in [5.41, 5.74) is 7.40. The molecule has 0 radical (unpaired) electrons. The molecule has 0 heterocycles. The van der Waals surface area contributed by atoms with Gasteiger partial charge >= 0.3 is 0 Å². The molecule has 0 aliphatic heterocycles. The van der Waals surface area contributed by atoms with Crippen LogP contribution in [0.2, 0.25) is 10.0 Å². The molecule has 0 aliphatic carbocycles. The van der Waals surface area contributed by atoms with Crippen molar-refractivity contribution in [1.29, 1.82) is 0 Å². The zero-order valence-corrected chi connectivity index (χ0v) is 12.8. The van der Waals surface area contributed by atoms with E-state index in [0.717, 1.165) is 0 Å². The average molecular weight is 330 g/mol. The minimum Gasteiger partial charge on any atom is -0.398 e. The first-order valence-corrected chi connectivity index (χ1v) is 8.42. The normalized spacial score (nSPS) is 11.5. The lowest BCUT2D eigenvalue weighted by Crippen LogP contribution is -2.09. The quantitative estimate of drug-likeness (QED) is 0.870. The molecule has 0 bridgehead atoms. The van der Waals surface area contributed by atoms with E-state index in [9.17, 15) is 8.42 Å². The van der Waals surface area contributed by atoms with Crippen molar-refractivity contribution in [1.82, 2.24) is 0 Å². The highest BCUT2D eigenvalue weighted by Crippen LogP contribution is 2.22. The molecule has 0 spiro atoms. The van der Waals surface area contributed by atoms with Crippen LogP contribution in [0.3, 0.4) is 0 Å². The second-order valence-electron chi connectivity index (χ2n) is 4.50. The Morgan fingerprint density at radius 3 is 2.15 bits per heavy atom. The van der Waals surface area contributed by atoms with Crippen LogP contribution in [-0.4, -0.2) is 8.42 Å². The number of nitrogens with two attached hydrogens (primary N) is 1. The Kier molecular flexibility index (Phi) is 4.58. The maximum atomic E-state index is 12.2. The minimum atomic E-state index is -3.32. The van der Waals surface area contributed by atoms with Crippen LogP contribution in [0.5, 0.6) is 0 Å². The molecule has 0 amide bonds. The first kappa shape index (κ1) is 15.2. The molecule has 20 heavy (non-hydrogen) atoms. The monoisotopic (exact) mass is 329 g/mol. The second kappa shape index (κ2) is 6.04. The number of hydrogen-bond acceptors (Lipinski definition) is 3. The third-order valence-electron chi connectivity index (χ3n) is 2.78. The summed E-state index contributed by atoms with van der Waals surface area (Å²) in [6, 6.07) is 11.5. The summed E-state index contributed by atoms with van der Waals surface area (Å²) in [4.78, 5) is 0. The van der Waals surface area contributed by atoms with Gasteiger partial charge < -0.3 is 5.73 Å². The van der Waals surface area contributed by atoms with Crippen molar-refractivity contribution in [2.45, 2.75) is 11.5 Å². The third kappa shape index (κ3) is 4.13. The Bertz CT molecular complexity index is 712. The van der Waals surface area contributed by atoms with Crippen LogP contribution >= 0.6 is 23.2 Å². The molecule has 2 aromatic rings. The Morgan fingerprint density at radius 2 is 1.50 bits per heavy atom. The molecule has 0 unspecified atom stereocenters. The standard InChI is InChI=1S/C14H13Cl2NO2S/c15-12-3-1-10(2-4-12)8-20(18,19)9-11-7-13(16)5-6-14(11)17/h1-7H,8-9,17H2. The summed E-state index contributed by atoms with van der Waals surface area (Å²) in [6.45, 7) is 0. The van der Waals surface area contributed by atoms with Crippen molar-refractivity contribution in [3.05, 3.63) is 63.6 Å². The first-order valence-electron chi connectivity index (χ1n) is 5.84. The third-order valence-corrected chi connectivity index (χ3v) is 4.79. The van der Waals surface area contributed by atoms with Gasteiger partial charge in [0.15, 0.2) is 9.84 Å². The maximum Gasteiger partial charge on any atom is 0.158 e. The topological polar surface area (TPSA) is 60.2 Å². The van der Waals surface area contributed by atoms with Crippen LogP contribution in [-0.2, 0) is 21.3 Å². The number of rotatable bonds is 4. The average Bonchev–Trinajstić information content (AvgIpc) is 2.36. The van der Waals surface area contributed by atoms with Gasteiger partial charge in [0.1, 0.15) is 0 Å². The first-order chi connectivity index (χ1) is 9.35. The van der Waals surface area contributed by atoms with E-state index < -0.39 is 9.84 Å². The maximum absolute atomic E-state index is 12.2. The Morgan fingerprint density at radius 1 is 0.900 bits per heavy atom. The van der Waals surface area contributed by atoms with E-state index in [1.807, 2.05) is 0 Å². The molecule has 2 N–H and O–H groups in total. The predicted molar refractivity (Wildman–Crippen MR) is 83.6 cm³/mol. The van der Waals surface area contributed by atoms with E-state index in [1.165, 1.54) is 0 Å². The minimum absolute atomic E-state index is 0.0594. The number of benzene rings is 2. The zero-order valence-electron chi connectivity index (χ0n) is 10.5. The van der Waals surface area contributed by atoms with Gasteiger partial charge in [0.25, 0.3) is 0 Å². The molecule has 0 atom stereocenters. The summed E-state index contributed by atoms with van der Waals surface area (Å²) >= 11 is 11.6. The van der Waals surface area contributed by atoms with Crippen LogP contribution < -0.4 is 5.73 Å². The van der Waals surface area contributed by atoms with Crippen LogP contribution in [0.25, 0.3) is 0 Å². The summed E-state index contributed by atoms with van der Waals surface area (Å²) < 4.78 is 24.4. The lowest BCUT2D eigenvalue weighted by Gasteiger charge is -2.08. The fraction of sp³-hybridized carbons (Fsp3) is 0.143. The van der Waals surface area contributed by atoms with Crippen LogP contribution in [0.15, 0.2) is 42.5 Å². The number of anilines is 1. The van der Waals surface area contributed by atoms with E-state index in [4.69, 9.17) is 28.9 Å². The Balaban J connectivity index is 2.19. The van der Waals surface area contributed by atoms with Gasteiger partial charge in [-0.25, -0.2) is 8.42 Å². The summed E-state index contributed by atoms with van der Waals surface area (Å²) in [5.74, 6) is -0.196. The van der Waals surface area contributed by atoms with Gasteiger partial charge in [0.05, 0.1) is 11.5 Å². The zero-order chi connectivity index (χ0) is 14.8. The largest absolute Gasteiger partial charge is 0.398 e. The lowest BCUT2D eigenvalue weighted by molar-refractivity contribution is 0.594. The summed E-state index contributed by atoms with van der Waals surface area (Å²) in [6.07, 6.45) is 0. The van der Waals surface area contributed by atoms with Crippen molar-refractivity contribution in [2.24, 2.45) is 0 Å². The van der Waals surface area contributed by atoms with Gasteiger partial charge in [-0.05, 0) is 41.5 Å². The highest BCUT2D eigenvalue weighted by molar-refractivity contribution is 7.89. The molecule has 106 valence electrons. The van der Waals surface area contributed by atoms with Crippen LogP contribution in [0, 0.1) is 0 Å². The highest BCUT2D eigenvalue weighted by Gasteiger charge is 2.15. The van der Waals surface area contributed by atoms with E-state index in [2.05, 4.69) is 0 Å². The molecule has 0 aliphatic rings. The molecule has 2 rings (SSSR count). The second-order valence-corrected chi connectivity index (χ2v) is 7.44. The molecule has 6 heteroatoms. The molecule has 0 saturated heterocycles. The van der Waals surface area contributed by atoms with Crippen molar-refractivity contribution in [3.63, 3.8) is 0 Å². The van der Waals surface area contributed by atoms with Crippen molar-refractivity contribution < 1.29 is 8.42 Å². The number of sulfone groups is 1. The molecule has 3 nitrogen and oxygen atoms in total. The van der Waals surface area contributed by atoms with E-state index in [1.54, 1.807) is 42.5 Å². The number of halogens is 2. The van der Waals surface area contributed by atoms with Gasteiger partial charge in [-0.3, -0.25) is 0 Å². The number of nitrogen functional groups attached to an aromatic ring is 1. The Labute approximate surface area is 128 Å². The van der Waals surface area contributed by atoms with Gasteiger partial charge in [-0.15, -0.1) is 0 Å². The molecule has 2 aromatic carbocycles. The fourth-order valence-corrected chi connectivity index (χ4v) is 3.67. The molecular formula is C14H13Cl2NO2S. The molecule has 0 aromatic heterocycles. The van der Waals surface area contributed by atoms with Crippen LogP contribution in [0.1, 0.15) is 11.1 Å². The lowest BCUT2D eigenvalue weighted by atomic mass is 10.2. The number of hydrogen-bond donors (Lipinski definition) is 1. The van der Waals surface area contributed by atoms with Crippen molar-refractivity contribution >= 4 is 38.7 Å². The smallest absolute Gasteiger partial charge is 0.158 e. The predicted octanol–water partition coefficient (Wildman–Crippen LogP) is 3.69. The summed E-state index contributed by atoms with van der Waals surface area (Å²) in [7, 11) is -3.32. The highest BCUT2D eigenvalue weighted by atomic mass is 35.5. The fourth-order valence-electron chi connectivity index (χ4n) is 1.82. The van der Waals surface area contributed by atoms with Crippen LogP contribution in [0.4, 0.5) is 5.69 Å². The van der Waals surface area contributed by atoms with Gasteiger partial charge in [-0.2, -0.15) is 0 Å². The molecular weight excluding hydrogens is 317 g/mol. The van der Waals surface area contributed by atoms with Gasteiger partial charge in [-0.1, -0.05) is 35.3 Å². The van der Waals surface area contributed by atoms with Crippen molar-refractivity contribution in [3.8, 4) is 0 Å². The van der Waals surface area contributed by atoms with Gasteiger partial charge in [0, 0.05) is 15.7 Å². The van der Waals surface area contributed by atoms with Gasteiger partial charge in [0.2, 0.25) is 0 Å². The summed E-state index contributed by atoms with van der Waals surface area (Å²) in [5, 5.41) is 1.04. The molecule has 0 fully saturated rings. The van der Waals surface area contributed by atoms with E-state index in [0.29, 0.717) is 26.9 Å². The van der Waals surface area contributed by atoms with E-state index >= 15 is 0 Å². The Hall–Kier alpha value is -1.23. The van der Waals surface area contributed by atoms with E-state index in [-0.39, 0.29) is 11.5 Å². The van der Waals surface area contributed by atoms with Crippen molar-refractivity contribution in [2.75, 3.05) is 5.73 Å².